The molecule has 0 aromatic heterocycles. The van der Waals surface area contributed by atoms with Crippen molar-refractivity contribution < 1.29 is 48.5 Å². The number of aliphatic hydroxyl groups excluding tert-OH is 2. The average Bonchev–Trinajstić information content (AvgIpc) is 3.31. The van der Waals surface area contributed by atoms with Crippen LogP contribution in [0, 0.1) is 27.9 Å². The Kier molecular flexibility index (Phi) is 17.7. The smallest absolute Gasteiger partial charge is 0.412 e. The van der Waals surface area contributed by atoms with Crippen LogP contribution in [-0.2, 0) is 27.5 Å². The molecule has 1 aliphatic heterocycles. The Bertz CT molecular complexity index is 2150. The zero-order valence-electron chi connectivity index (χ0n) is 37.2. The number of fused-ring (bicyclic) bond motifs is 2. The van der Waals surface area contributed by atoms with E-state index in [1.54, 1.807) is 41.3 Å². The first-order valence-electron chi connectivity index (χ1n) is 22.7. The molecule has 0 radical (unpaired) electrons. The number of nitro groups is 1. The topological polar surface area (TPSA) is 192 Å². The number of aliphatic hydroxyl groups is 2. The summed E-state index contributed by atoms with van der Waals surface area (Å²) in [4.78, 5) is 46.2. The van der Waals surface area contributed by atoms with E-state index in [2.05, 4.69) is 24.6 Å². The number of benzene rings is 3. The number of carbonyl (C=O) groups excluding carboxylic acids is 2. The zero-order chi connectivity index (χ0) is 46.2. The maximum atomic E-state index is 14.3. The van der Waals surface area contributed by atoms with Crippen molar-refractivity contribution in [1.82, 2.24) is 10.2 Å². The molecule has 2 aliphatic carbocycles. The molecule has 3 aromatic rings. The van der Waals surface area contributed by atoms with Gasteiger partial charge in [-0.05, 0) is 97.4 Å². The fraction of sp³-hybridized carbons (Fsp3) is 0.460. The SMILES string of the molecule is C=CCCOC(=O)N(CCC)[C@H]1CC(=NOCc2ccc([N+](=O)[O-])cc2)C2=C[C@H](CCCCO)[C@@H](CCCCO)[C@@H]3c4cc(OC(=O)NCc5ccccc5)ccc4O[C@@]1(OCC=C)[C@H]23. The van der Waals surface area contributed by atoms with Crippen molar-refractivity contribution in [2.75, 3.05) is 33.0 Å². The lowest BCUT2D eigenvalue weighted by Crippen LogP contribution is -2.70. The summed E-state index contributed by atoms with van der Waals surface area (Å²) in [6.07, 6.45) is 9.72. The molecule has 2 amide bonds. The normalized spacial score (nSPS) is 22.3. The van der Waals surface area contributed by atoms with Crippen LogP contribution in [-0.4, -0.2) is 82.7 Å². The van der Waals surface area contributed by atoms with Gasteiger partial charge in [0.05, 0.1) is 29.8 Å². The van der Waals surface area contributed by atoms with Crippen LogP contribution in [0.25, 0.3) is 0 Å². The van der Waals surface area contributed by atoms with E-state index in [1.807, 2.05) is 43.3 Å². The van der Waals surface area contributed by atoms with Crippen LogP contribution in [0.2, 0.25) is 0 Å². The van der Waals surface area contributed by atoms with Crippen LogP contribution in [0.5, 0.6) is 11.5 Å². The molecule has 1 heterocycles. The maximum absolute atomic E-state index is 14.3. The number of amides is 2. The molecular weight excluding hydrogens is 833 g/mol. The van der Waals surface area contributed by atoms with Gasteiger partial charge in [0.25, 0.3) is 5.69 Å². The minimum Gasteiger partial charge on any atom is -0.459 e. The summed E-state index contributed by atoms with van der Waals surface area (Å²) in [7, 11) is 0. The lowest BCUT2D eigenvalue weighted by molar-refractivity contribution is -0.384. The lowest BCUT2D eigenvalue weighted by Gasteiger charge is -2.59. The number of nitrogens with zero attached hydrogens (tertiary/aromatic N) is 3. The molecule has 6 rings (SSSR count). The van der Waals surface area contributed by atoms with Crippen molar-refractivity contribution in [2.24, 2.45) is 22.9 Å². The first-order valence-corrected chi connectivity index (χ1v) is 22.7. The molecule has 1 saturated carbocycles. The predicted octanol–water partition coefficient (Wildman–Crippen LogP) is 9.14. The van der Waals surface area contributed by atoms with Crippen LogP contribution in [0.3, 0.4) is 0 Å². The highest BCUT2D eigenvalue weighted by Crippen LogP contribution is 2.62. The first-order chi connectivity index (χ1) is 31.7. The maximum Gasteiger partial charge on any atom is 0.412 e. The fourth-order valence-electron chi connectivity index (χ4n) is 9.45. The Hall–Kier alpha value is -6.03. The molecular formula is C50H62N4O11. The van der Waals surface area contributed by atoms with Gasteiger partial charge in [-0.2, -0.15) is 0 Å². The van der Waals surface area contributed by atoms with Gasteiger partial charge in [0.2, 0.25) is 5.79 Å². The van der Waals surface area contributed by atoms with Crippen molar-refractivity contribution in [2.45, 2.75) is 95.6 Å². The highest BCUT2D eigenvalue weighted by Gasteiger charge is 2.65. The summed E-state index contributed by atoms with van der Waals surface area (Å²) in [6, 6.07) is 20.1. The van der Waals surface area contributed by atoms with Gasteiger partial charge in [0, 0.05) is 56.3 Å². The third-order valence-corrected chi connectivity index (χ3v) is 12.3. The standard InChI is InChI=1S/C50H62N4O11/c1-4-7-29-61-49(58)53(25-5-2)45-32-43(52-63-34-36-19-21-38(22-20-36)54(59)60)41-30-37(17-11-13-26-55)40(18-12-14-27-56)46-42-31-39(64-48(57)51-33-35-15-9-8-10-16-35)23-24-44(42)65-50(45,47(41)46)62-28-6-3/h4,6,8-10,15-16,19-24,30-31,37,40,45-47,55-56H,1,3,5,7,11-14,17-18,25-29,32-34H2,2H3,(H,51,57)/t37-,40+,45-,46+,47+,50+/m0/s1. The van der Waals surface area contributed by atoms with Crippen molar-refractivity contribution in [3.63, 3.8) is 0 Å². The van der Waals surface area contributed by atoms with Crippen LogP contribution in [0.15, 0.2) is 115 Å². The van der Waals surface area contributed by atoms with Crippen molar-refractivity contribution in [3.8, 4) is 11.5 Å². The van der Waals surface area contributed by atoms with Crippen molar-refractivity contribution in [3.05, 3.63) is 137 Å². The molecule has 3 aromatic carbocycles. The zero-order valence-corrected chi connectivity index (χ0v) is 37.2. The summed E-state index contributed by atoms with van der Waals surface area (Å²) in [6.45, 7) is 10.6. The van der Waals surface area contributed by atoms with Gasteiger partial charge in [0.15, 0.2) is 0 Å². The van der Waals surface area contributed by atoms with E-state index < -0.39 is 34.9 Å². The van der Waals surface area contributed by atoms with Crippen LogP contribution in [0.4, 0.5) is 15.3 Å². The number of allylic oxidation sites excluding steroid dienone is 1. The van der Waals surface area contributed by atoms with Crippen molar-refractivity contribution in [1.29, 1.82) is 0 Å². The molecule has 348 valence electrons. The number of nitro benzene ring substituents is 1. The van der Waals surface area contributed by atoms with Gasteiger partial charge >= 0.3 is 12.2 Å². The number of nitrogens with one attached hydrogen (secondary N) is 1. The summed E-state index contributed by atoms with van der Waals surface area (Å²) < 4.78 is 26.0. The summed E-state index contributed by atoms with van der Waals surface area (Å²) in [5.41, 5.74) is 3.73. The van der Waals surface area contributed by atoms with E-state index in [9.17, 15) is 29.9 Å². The Morgan fingerprint density at radius 3 is 2.45 bits per heavy atom. The predicted molar refractivity (Wildman–Crippen MR) is 245 cm³/mol. The Balaban J connectivity index is 1.51. The summed E-state index contributed by atoms with van der Waals surface area (Å²) in [5, 5.41) is 38.9. The first kappa shape index (κ1) is 48.4. The minimum absolute atomic E-state index is 0.0179. The van der Waals surface area contributed by atoms with E-state index in [1.165, 1.54) is 12.1 Å². The summed E-state index contributed by atoms with van der Waals surface area (Å²) >= 11 is 0. The third-order valence-electron chi connectivity index (χ3n) is 12.3. The Morgan fingerprint density at radius 1 is 1.00 bits per heavy atom. The van der Waals surface area contributed by atoms with Gasteiger partial charge in [0.1, 0.15) is 24.1 Å². The number of hydrogen-bond acceptors (Lipinski definition) is 12. The van der Waals surface area contributed by atoms with Gasteiger partial charge in [-0.15, -0.1) is 13.2 Å². The van der Waals surface area contributed by atoms with Gasteiger partial charge in [-0.1, -0.05) is 73.5 Å². The molecule has 0 bridgehead atoms. The number of unbranched alkanes of at least 4 members (excludes halogenated alkanes) is 2. The van der Waals surface area contributed by atoms with Gasteiger partial charge < -0.3 is 39.3 Å². The second-order valence-corrected chi connectivity index (χ2v) is 16.6. The van der Waals surface area contributed by atoms with Crippen LogP contribution in [0.1, 0.15) is 87.3 Å². The van der Waals surface area contributed by atoms with E-state index in [4.69, 9.17) is 28.9 Å². The largest absolute Gasteiger partial charge is 0.459 e. The number of non-ortho nitro benzene ring substituents is 1. The van der Waals surface area contributed by atoms with E-state index in [0.717, 1.165) is 36.0 Å². The number of oxime groups is 1. The molecule has 3 aliphatic rings. The molecule has 15 nitrogen and oxygen atoms in total. The number of ether oxygens (including phenoxy) is 4. The second-order valence-electron chi connectivity index (χ2n) is 16.6. The summed E-state index contributed by atoms with van der Waals surface area (Å²) in [5.74, 6) is -1.76. The van der Waals surface area contributed by atoms with Gasteiger partial charge in [-0.25, -0.2) is 9.59 Å². The van der Waals surface area contributed by atoms with E-state index >= 15 is 0 Å². The molecule has 65 heavy (non-hydrogen) atoms. The Morgan fingerprint density at radius 2 is 1.75 bits per heavy atom. The molecule has 15 heteroatoms. The van der Waals surface area contributed by atoms with Crippen LogP contribution >= 0.6 is 0 Å². The Labute approximate surface area is 380 Å². The number of hydrogen-bond donors (Lipinski definition) is 3. The van der Waals surface area contributed by atoms with Gasteiger partial charge in [-0.3, -0.25) is 15.0 Å². The number of rotatable bonds is 24. The van der Waals surface area contributed by atoms with Crippen molar-refractivity contribution >= 4 is 23.6 Å². The van der Waals surface area contributed by atoms with E-state index in [0.29, 0.717) is 61.4 Å². The molecule has 6 atom stereocenters. The molecule has 0 unspecified atom stereocenters. The highest BCUT2D eigenvalue weighted by molar-refractivity contribution is 6.03. The minimum atomic E-state index is -1.51. The number of carbonyl (C=O) groups is 2. The monoisotopic (exact) mass is 894 g/mol. The highest BCUT2D eigenvalue weighted by atomic mass is 16.7. The molecule has 3 N–H and O–H groups in total. The van der Waals surface area contributed by atoms with Crippen LogP contribution < -0.4 is 14.8 Å². The third kappa shape index (κ3) is 11.8. The second kappa shape index (κ2) is 23.8. The van der Waals surface area contributed by atoms with E-state index in [-0.39, 0.29) is 69.4 Å². The fourth-order valence-corrected chi connectivity index (χ4v) is 9.45. The quantitative estimate of drug-likeness (QED) is 0.0336. The average molecular weight is 895 g/mol. The molecule has 0 spiro atoms. The lowest BCUT2D eigenvalue weighted by atomic mass is 9.55. The molecule has 0 saturated heterocycles. The molecule has 1 fully saturated rings.